The topological polar surface area (TPSA) is 80.8 Å². The van der Waals surface area contributed by atoms with Gasteiger partial charge in [0, 0.05) is 42.1 Å². The lowest BCUT2D eigenvalue weighted by Crippen LogP contribution is -2.44. The summed E-state index contributed by atoms with van der Waals surface area (Å²) in [5, 5.41) is 1.48. The lowest BCUT2D eigenvalue weighted by Gasteiger charge is -2.42. The Balaban J connectivity index is 1.26. The maximum absolute atomic E-state index is 6.64. The van der Waals surface area contributed by atoms with E-state index in [9.17, 15) is 0 Å². The summed E-state index contributed by atoms with van der Waals surface area (Å²) >= 11 is 13.6. The van der Waals surface area contributed by atoms with Crippen molar-refractivity contribution in [2.75, 3.05) is 18.0 Å². The number of nitrogens with two attached hydrogens (primary N) is 1. The van der Waals surface area contributed by atoms with Crippen LogP contribution in [0.2, 0.25) is 10.2 Å². The zero-order chi connectivity index (χ0) is 20.7. The van der Waals surface area contributed by atoms with Crippen LogP contribution in [0.3, 0.4) is 0 Å². The Morgan fingerprint density at radius 1 is 1.03 bits per heavy atom. The first kappa shape index (κ1) is 20.0. The third-order valence-electron chi connectivity index (χ3n) is 6.16. The summed E-state index contributed by atoms with van der Waals surface area (Å²) in [5.74, 6) is 0.885. The fourth-order valence-corrected chi connectivity index (χ4v) is 5.64. The second-order valence-electron chi connectivity index (χ2n) is 7.77. The molecular formula is C21H20Cl2N6S. The molecule has 1 spiro atoms. The fraction of sp³-hybridized carbons (Fsp3) is 0.333. The minimum absolute atomic E-state index is 0.0603. The van der Waals surface area contributed by atoms with Crippen LogP contribution in [0.4, 0.5) is 5.82 Å². The van der Waals surface area contributed by atoms with Crippen LogP contribution in [0.15, 0.2) is 52.9 Å². The third-order valence-corrected chi connectivity index (χ3v) is 8.02. The molecule has 6 nitrogen and oxygen atoms in total. The van der Waals surface area contributed by atoms with Gasteiger partial charge in [0.1, 0.15) is 16.0 Å². The van der Waals surface area contributed by atoms with Crippen molar-refractivity contribution in [3.8, 4) is 0 Å². The van der Waals surface area contributed by atoms with Crippen molar-refractivity contribution >= 4 is 40.8 Å². The monoisotopic (exact) mass is 458 g/mol. The lowest BCUT2D eigenvalue weighted by atomic mass is 9.73. The normalized spacial score (nSPS) is 19.8. The van der Waals surface area contributed by atoms with Crippen molar-refractivity contribution in [1.82, 2.24) is 19.9 Å². The van der Waals surface area contributed by atoms with Crippen molar-refractivity contribution in [2.24, 2.45) is 11.1 Å². The number of anilines is 1. The van der Waals surface area contributed by atoms with Crippen LogP contribution in [-0.2, 0) is 6.42 Å². The summed E-state index contributed by atoms with van der Waals surface area (Å²) in [5.41, 5.74) is 9.12. The van der Waals surface area contributed by atoms with Gasteiger partial charge in [0.2, 0.25) is 0 Å². The van der Waals surface area contributed by atoms with Gasteiger partial charge in [-0.1, -0.05) is 41.0 Å². The van der Waals surface area contributed by atoms with Crippen molar-refractivity contribution in [1.29, 1.82) is 0 Å². The van der Waals surface area contributed by atoms with Crippen LogP contribution in [0.5, 0.6) is 0 Å². The number of nitrogens with zero attached hydrogens (tertiary/aromatic N) is 5. The van der Waals surface area contributed by atoms with Crippen LogP contribution in [0.1, 0.15) is 30.1 Å². The van der Waals surface area contributed by atoms with E-state index in [4.69, 9.17) is 28.9 Å². The standard InChI is InChI=1S/C21H20Cl2N6S/c22-18-15(3-7-26-20(18)23)30-17-12-27-16(11-28-17)29-8-4-21(5-9-29)10-14-13(19(21)24)2-1-6-25-14/h1-3,6-7,11-12,19H,4-5,8-10,24H2/t19-/m1/s1. The zero-order valence-electron chi connectivity index (χ0n) is 16.1. The molecule has 0 amide bonds. The van der Waals surface area contributed by atoms with Gasteiger partial charge in [-0.15, -0.1) is 0 Å². The molecule has 2 aliphatic rings. The van der Waals surface area contributed by atoms with E-state index < -0.39 is 0 Å². The number of halogens is 2. The third kappa shape index (κ3) is 3.54. The maximum Gasteiger partial charge on any atom is 0.148 e. The van der Waals surface area contributed by atoms with Gasteiger partial charge < -0.3 is 10.6 Å². The highest BCUT2D eigenvalue weighted by Gasteiger charge is 2.46. The fourth-order valence-electron chi connectivity index (χ4n) is 4.44. The predicted molar refractivity (Wildman–Crippen MR) is 119 cm³/mol. The highest BCUT2D eigenvalue weighted by molar-refractivity contribution is 7.99. The number of fused-ring (bicyclic) bond motifs is 1. The first-order valence-corrected chi connectivity index (χ1v) is 11.4. The number of pyridine rings is 2. The van der Waals surface area contributed by atoms with Crippen molar-refractivity contribution < 1.29 is 0 Å². The predicted octanol–water partition coefficient (Wildman–Crippen LogP) is 4.57. The maximum atomic E-state index is 6.64. The molecule has 0 saturated carbocycles. The SMILES string of the molecule is N[C@@H]1c2cccnc2CC12CCN(c1cnc(Sc3ccnc(Cl)c3Cl)cn1)CC2. The van der Waals surface area contributed by atoms with E-state index in [1.165, 1.54) is 17.3 Å². The molecule has 1 fully saturated rings. The van der Waals surface area contributed by atoms with Crippen LogP contribution in [0, 0.1) is 5.41 Å². The summed E-state index contributed by atoms with van der Waals surface area (Å²) in [4.78, 5) is 20.8. The molecule has 0 unspecified atom stereocenters. The summed E-state index contributed by atoms with van der Waals surface area (Å²) in [6.45, 7) is 1.82. The number of hydrogen-bond donors (Lipinski definition) is 1. The van der Waals surface area contributed by atoms with E-state index >= 15 is 0 Å². The Kier molecular flexibility index (Phi) is 5.31. The largest absolute Gasteiger partial charge is 0.355 e. The summed E-state index contributed by atoms with van der Waals surface area (Å²) in [6.07, 6.45) is 10.1. The Morgan fingerprint density at radius 3 is 2.60 bits per heavy atom. The molecule has 0 aromatic carbocycles. The molecule has 0 bridgehead atoms. The number of piperidine rings is 1. The van der Waals surface area contributed by atoms with Gasteiger partial charge in [0.05, 0.1) is 17.4 Å². The number of rotatable bonds is 3. The van der Waals surface area contributed by atoms with Gasteiger partial charge in [-0.05, 0) is 42.4 Å². The Labute approximate surface area is 189 Å². The smallest absolute Gasteiger partial charge is 0.148 e. The van der Waals surface area contributed by atoms with E-state index in [0.717, 1.165) is 53.8 Å². The van der Waals surface area contributed by atoms with Crippen LogP contribution in [0.25, 0.3) is 0 Å². The first-order chi connectivity index (χ1) is 14.6. The molecule has 3 aromatic heterocycles. The highest BCUT2D eigenvalue weighted by atomic mass is 35.5. The van der Waals surface area contributed by atoms with Crippen molar-refractivity contribution in [2.45, 2.75) is 35.2 Å². The second-order valence-corrected chi connectivity index (χ2v) is 9.57. The molecule has 9 heteroatoms. The average Bonchev–Trinajstić information content (AvgIpc) is 3.04. The molecule has 0 radical (unpaired) electrons. The van der Waals surface area contributed by atoms with Crippen molar-refractivity contribution in [3.63, 3.8) is 0 Å². The minimum Gasteiger partial charge on any atom is -0.355 e. The van der Waals surface area contributed by atoms with E-state index in [-0.39, 0.29) is 16.6 Å². The summed E-state index contributed by atoms with van der Waals surface area (Å²) in [6, 6.07) is 5.98. The van der Waals surface area contributed by atoms with Gasteiger partial charge in [0.25, 0.3) is 0 Å². The summed E-state index contributed by atoms with van der Waals surface area (Å²) in [7, 11) is 0. The summed E-state index contributed by atoms with van der Waals surface area (Å²) < 4.78 is 0. The first-order valence-electron chi connectivity index (χ1n) is 9.80. The Hall–Kier alpha value is -1.93. The molecule has 2 N–H and O–H groups in total. The van der Waals surface area contributed by atoms with Crippen LogP contribution < -0.4 is 10.6 Å². The van der Waals surface area contributed by atoms with Gasteiger partial charge in [-0.25, -0.2) is 15.0 Å². The van der Waals surface area contributed by atoms with Gasteiger partial charge >= 0.3 is 0 Å². The molecule has 154 valence electrons. The number of aromatic nitrogens is 4. The Morgan fingerprint density at radius 2 is 1.87 bits per heavy atom. The van der Waals surface area contributed by atoms with E-state index in [2.05, 4.69) is 30.9 Å². The van der Waals surface area contributed by atoms with Gasteiger partial charge in [-0.2, -0.15) is 0 Å². The van der Waals surface area contributed by atoms with E-state index in [0.29, 0.717) is 5.02 Å². The molecule has 30 heavy (non-hydrogen) atoms. The molecule has 1 atom stereocenters. The molecule has 4 heterocycles. The van der Waals surface area contributed by atoms with Gasteiger partial charge in [-0.3, -0.25) is 4.98 Å². The molecule has 1 aliphatic heterocycles. The lowest BCUT2D eigenvalue weighted by molar-refractivity contribution is 0.186. The van der Waals surface area contributed by atoms with E-state index in [1.807, 2.05) is 24.5 Å². The average molecular weight is 459 g/mol. The van der Waals surface area contributed by atoms with Crippen LogP contribution in [-0.4, -0.2) is 33.0 Å². The van der Waals surface area contributed by atoms with Crippen molar-refractivity contribution in [3.05, 3.63) is 64.4 Å². The molecule has 3 aromatic rings. The van der Waals surface area contributed by atoms with Gasteiger partial charge in [0.15, 0.2) is 0 Å². The second kappa shape index (κ2) is 7.96. The highest BCUT2D eigenvalue weighted by Crippen LogP contribution is 2.50. The minimum atomic E-state index is 0.0603. The quantitative estimate of drug-likeness (QED) is 0.575. The molecular weight excluding hydrogens is 439 g/mol. The molecule has 1 saturated heterocycles. The zero-order valence-corrected chi connectivity index (χ0v) is 18.5. The molecule has 1 aliphatic carbocycles. The number of hydrogen-bond acceptors (Lipinski definition) is 7. The van der Waals surface area contributed by atoms with E-state index in [1.54, 1.807) is 12.4 Å². The molecule has 5 rings (SSSR count). The Bertz CT molecular complexity index is 1070. The van der Waals surface area contributed by atoms with Crippen LogP contribution >= 0.6 is 35.0 Å².